The van der Waals surface area contributed by atoms with Gasteiger partial charge in [0, 0.05) is 32.0 Å². The molecule has 1 aromatic carbocycles. The van der Waals surface area contributed by atoms with Crippen LogP contribution in [0, 0.1) is 0 Å². The molecule has 0 atom stereocenters. The van der Waals surface area contributed by atoms with Gasteiger partial charge in [-0.15, -0.1) is 0 Å². The van der Waals surface area contributed by atoms with Gasteiger partial charge in [0.25, 0.3) is 0 Å². The van der Waals surface area contributed by atoms with Gasteiger partial charge in [0.15, 0.2) is 0 Å². The average Bonchev–Trinajstić information content (AvgIpc) is 2.49. The van der Waals surface area contributed by atoms with Crippen molar-refractivity contribution in [3.63, 3.8) is 0 Å². The number of piperidine rings is 1. The number of rotatable bonds is 3. The van der Waals surface area contributed by atoms with E-state index in [2.05, 4.69) is 14.9 Å². The van der Waals surface area contributed by atoms with Gasteiger partial charge >= 0.3 is 0 Å². The van der Waals surface area contributed by atoms with Gasteiger partial charge in [-0.1, -0.05) is 35.3 Å². The first-order valence-corrected chi connectivity index (χ1v) is 7.83. The molecule has 2 heterocycles. The van der Waals surface area contributed by atoms with E-state index in [1.54, 1.807) is 6.07 Å². The molecule has 0 bridgehead atoms. The van der Waals surface area contributed by atoms with Crippen LogP contribution < -0.4 is 15.4 Å². The molecule has 1 fully saturated rings. The van der Waals surface area contributed by atoms with Crippen molar-refractivity contribution in [3.05, 3.63) is 40.5 Å². The molecule has 1 aliphatic heterocycles. The van der Waals surface area contributed by atoms with Gasteiger partial charge in [0.1, 0.15) is 22.8 Å². The third-order valence-corrected chi connectivity index (χ3v) is 4.10. The molecule has 0 unspecified atom stereocenters. The van der Waals surface area contributed by atoms with Crippen LogP contribution in [0.15, 0.2) is 30.3 Å². The SMILES string of the molecule is Nc1nc(Cl)cc(N2CCC(Oc3ccccc3Cl)CC2)n1. The third-order valence-electron chi connectivity index (χ3n) is 3.59. The van der Waals surface area contributed by atoms with Crippen molar-refractivity contribution in [2.24, 2.45) is 0 Å². The molecule has 0 amide bonds. The summed E-state index contributed by atoms with van der Waals surface area (Å²) < 4.78 is 5.98. The Balaban J connectivity index is 1.62. The zero-order valence-electron chi connectivity index (χ0n) is 11.9. The van der Waals surface area contributed by atoms with Crippen LogP contribution in [0.4, 0.5) is 11.8 Å². The number of para-hydroxylation sites is 1. The van der Waals surface area contributed by atoms with E-state index < -0.39 is 0 Å². The van der Waals surface area contributed by atoms with E-state index in [9.17, 15) is 0 Å². The minimum Gasteiger partial charge on any atom is -0.489 e. The zero-order valence-corrected chi connectivity index (χ0v) is 13.4. The number of aromatic nitrogens is 2. The van der Waals surface area contributed by atoms with Gasteiger partial charge in [-0.05, 0) is 12.1 Å². The van der Waals surface area contributed by atoms with E-state index in [0.717, 1.165) is 37.5 Å². The summed E-state index contributed by atoms with van der Waals surface area (Å²) in [4.78, 5) is 10.2. The maximum atomic E-state index is 6.12. The van der Waals surface area contributed by atoms with Crippen LogP contribution in [0.25, 0.3) is 0 Å². The Morgan fingerprint density at radius 1 is 1.14 bits per heavy atom. The van der Waals surface area contributed by atoms with Crippen LogP contribution in [-0.2, 0) is 0 Å². The lowest BCUT2D eigenvalue weighted by molar-refractivity contribution is 0.171. The number of halogens is 2. The van der Waals surface area contributed by atoms with Crippen molar-refractivity contribution in [2.75, 3.05) is 23.7 Å². The monoisotopic (exact) mass is 338 g/mol. The van der Waals surface area contributed by atoms with Crippen molar-refractivity contribution < 1.29 is 4.74 Å². The normalized spacial score (nSPS) is 15.8. The summed E-state index contributed by atoms with van der Waals surface area (Å²) in [5.41, 5.74) is 5.64. The molecule has 22 heavy (non-hydrogen) atoms. The van der Waals surface area contributed by atoms with E-state index in [0.29, 0.717) is 10.2 Å². The van der Waals surface area contributed by atoms with Gasteiger partial charge in [0.05, 0.1) is 5.02 Å². The lowest BCUT2D eigenvalue weighted by Crippen LogP contribution is -2.38. The molecule has 0 saturated carbocycles. The van der Waals surface area contributed by atoms with E-state index in [1.165, 1.54) is 0 Å². The van der Waals surface area contributed by atoms with Crippen molar-refractivity contribution in [3.8, 4) is 5.75 Å². The molecule has 1 aromatic heterocycles. The van der Waals surface area contributed by atoms with Crippen molar-refractivity contribution in [2.45, 2.75) is 18.9 Å². The predicted octanol–water partition coefficient (Wildman–Crippen LogP) is 3.41. The molecule has 0 radical (unpaired) electrons. The number of nitrogens with two attached hydrogens (primary N) is 1. The number of anilines is 2. The molecule has 3 rings (SSSR count). The Hall–Kier alpha value is -1.72. The first-order chi connectivity index (χ1) is 10.6. The lowest BCUT2D eigenvalue weighted by atomic mass is 10.1. The summed E-state index contributed by atoms with van der Waals surface area (Å²) >= 11 is 12.0. The molecular formula is C15H16Cl2N4O. The summed E-state index contributed by atoms with van der Waals surface area (Å²) in [5.74, 6) is 1.68. The molecule has 0 spiro atoms. The van der Waals surface area contributed by atoms with Gasteiger partial charge in [0.2, 0.25) is 5.95 Å². The highest BCUT2D eigenvalue weighted by Crippen LogP contribution is 2.28. The minimum absolute atomic E-state index is 0.144. The number of ether oxygens (including phenoxy) is 1. The van der Waals surface area contributed by atoms with E-state index >= 15 is 0 Å². The van der Waals surface area contributed by atoms with Crippen LogP contribution in [-0.4, -0.2) is 29.2 Å². The average molecular weight is 339 g/mol. The number of nitrogen functional groups attached to an aromatic ring is 1. The molecular weight excluding hydrogens is 323 g/mol. The Morgan fingerprint density at radius 3 is 2.55 bits per heavy atom. The number of hydrogen-bond donors (Lipinski definition) is 1. The Kier molecular flexibility index (Phi) is 4.55. The molecule has 116 valence electrons. The van der Waals surface area contributed by atoms with Crippen molar-refractivity contribution >= 4 is 35.0 Å². The Morgan fingerprint density at radius 2 is 1.86 bits per heavy atom. The highest BCUT2D eigenvalue weighted by Gasteiger charge is 2.22. The Labute approximate surface area is 139 Å². The quantitative estimate of drug-likeness (QED) is 0.868. The summed E-state index contributed by atoms with van der Waals surface area (Å²) in [6.07, 6.45) is 1.91. The smallest absolute Gasteiger partial charge is 0.223 e. The van der Waals surface area contributed by atoms with Gasteiger partial charge in [-0.3, -0.25) is 0 Å². The van der Waals surface area contributed by atoms with Crippen LogP contribution in [0.5, 0.6) is 5.75 Å². The maximum Gasteiger partial charge on any atom is 0.223 e. The van der Waals surface area contributed by atoms with E-state index in [4.69, 9.17) is 33.7 Å². The van der Waals surface area contributed by atoms with Gasteiger partial charge in [-0.2, -0.15) is 4.98 Å². The first kappa shape index (κ1) is 15.2. The number of hydrogen-bond acceptors (Lipinski definition) is 5. The summed E-state index contributed by atoms with van der Waals surface area (Å²) in [6.45, 7) is 1.64. The molecule has 2 N–H and O–H groups in total. The van der Waals surface area contributed by atoms with Crippen LogP contribution >= 0.6 is 23.2 Å². The Bertz CT molecular complexity index is 639. The predicted molar refractivity (Wildman–Crippen MR) is 88.8 cm³/mol. The number of benzene rings is 1. The molecule has 1 saturated heterocycles. The van der Waals surface area contributed by atoms with Crippen LogP contribution in [0.1, 0.15) is 12.8 Å². The summed E-state index contributed by atoms with van der Waals surface area (Å²) in [5, 5.41) is 0.997. The largest absolute Gasteiger partial charge is 0.489 e. The molecule has 0 aliphatic carbocycles. The van der Waals surface area contributed by atoms with E-state index in [1.807, 2.05) is 24.3 Å². The van der Waals surface area contributed by atoms with Gasteiger partial charge in [-0.25, -0.2) is 4.98 Å². The maximum absolute atomic E-state index is 6.12. The summed E-state index contributed by atoms with van der Waals surface area (Å²) in [6, 6.07) is 9.26. The molecule has 1 aliphatic rings. The van der Waals surface area contributed by atoms with Crippen LogP contribution in [0.2, 0.25) is 10.2 Å². The fourth-order valence-corrected chi connectivity index (χ4v) is 2.87. The van der Waals surface area contributed by atoms with Crippen molar-refractivity contribution in [1.29, 1.82) is 0 Å². The standard InChI is InChI=1S/C15H16Cl2N4O/c16-11-3-1-2-4-12(11)22-10-5-7-21(8-6-10)14-9-13(17)19-15(18)20-14/h1-4,9-10H,5-8H2,(H2,18,19,20). The highest BCUT2D eigenvalue weighted by atomic mass is 35.5. The van der Waals surface area contributed by atoms with Crippen LogP contribution in [0.3, 0.4) is 0 Å². The second kappa shape index (κ2) is 6.58. The lowest BCUT2D eigenvalue weighted by Gasteiger charge is -2.33. The zero-order chi connectivity index (χ0) is 15.5. The second-order valence-corrected chi connectivity index (χ2v) is 5.94. The first-order valence-electron chi connectivity index (χ1n) is 7.08. The van der Waals surface area contributed by atoms with Gasteiger partial charge < -0.3 is 15.4 Å². The fourth-order valence-electron chi connectivity index (χ4n) is 2.51. The van der Waals surface area contributed by atoms with Crippen molar-refractivity contribution in [1.82, 2.24) is 9.97 Å². The molecule has 5 nitrogen and oxygen atoms in total. The fraction of sp³-hybridized carbons (Fsp3) is 0.333. The highest BCUT2D eigenvalue weighted by molar-refractivity contribution is 6.32. The molecule has 7 heteroatoms. The summed E-state index contributed by atoms with van der Waals surface area (Å²) in [7, 11) is 0. The topological polar surface area (TPSA) is 64.3 Å². The number of nitrogens with zero attached hydrogens (tertiary/aromatic N) is 3. The second-order valence-electron chi connectivity index (χ2n) is 5.14. The molecule has 2 aromatic rings. The third kappa shape index (κ3) is 3.54. The minimum atomic E-state index is 0.144. The van der Waals surface area contributed by atoms with E-state index in [-0.39, 0.29) is 12.1 Å².